The van der Waals surface area contributed by atoms with Gasteiger partial charge in [-0.25, -0.2) is 4.39 Å². The molecule has 234 valence electrons. The molecule has 0 bridgehead atoms. The van der Waals surface area contributed by atoms with Crippen molar-refractivity contribution in [1.82, 2.24) is 10.2 Å². The van der Waals surface area contributed by atoms with Crippen LogP contribution >= 0.6 is 0 Å². The molecule has 3 N–H and O–H groups in total. The fourth-order valence-electron chi connectivity index (χ4n) is 3.77. The molecular weight excluding hydrogens is 533 g/mol. The Morgan fingerprint density at radius 3 is 2.07 bits per heavy atom. The third kappa shape index (κ3) is 14.3. The molecule has 2 rings (SSSR count). The molecule has 42 heavy (non-hydrogen) atoms. The molecule has 0 fully saturated rings. The van der Waals surface area contributed by atoms with Crippen LogP contribution in [0.15, 0.2) is 48.0 Å². The van der Waals surface area contributed by atoms with E-state index in [0.717, 1.165) is 11.4 Å². The minimum Gasteiger partial charge on any atom is -0.492 e. The summed E-state index contributed by atoms with van der Waals surface area (Å²) in [6.07, 6.45) is 4.90. The van der Waals surface area contributed by atoms with Crippen LogP contribution in [0.1, 0.15) is 73.3 Å². The number of aldehydes is 1. The monoisotopic (exact) mass is 585 g/mol. The topological polar surface area (TPSA) is 95.1 Å². The Labute approximate surface area is 252 Å². The van der Waals surface area contributed by atoms with Gasteiger partial charge in [0.05, 0.1) is 17.7 Å². The molecule has 1 amide bonds. The van der Waals surface area contributed by atoms with E-state index < -0.39 is 5.82 Å². The number of benzene rings is 2. The molecule has 0 aliphatic heterocycles. The van der Waals surface area contributed by atoms with Crippen molar-refractivity contribution in [2.75, 3.05) is 37.9 Å². The molecule has 0 saturated carbocycles. The van der Waals surface area contributed by atoms with Gasteiger partial charge in [0.25, 0.3) is 0 Å². The molecule has 0 aromatic heterocycles. The van der Waals surface area contributed by atoms with Gasteiger partial charge in [0.2, 0.25) is 5.91 Å². The first-order valence-corrected chi connectivity index (χ1v) is 14.6. The molecule has 0 atom stereocenters. The van der Waals surface area contributed by atoms with Gasteiger partial charge in [-0.15, -0.1) is 0 Å². The molecule has 9 heteroatoms. The number of rotatable bonds is 14. The second-order valence-electron chi connectivity index (χ2n) is 9.93. The van der Waals surface area contributed by atoms with E-state index in [1.54, 1.807) is 24.1 Å². The number of unbranched alkanes of at least 4 members (excludes halogenated alkanes) is 1. The Bertz CT molecular complexity index is 1090. The van der Waals surface area contributed by atoms with Gasteiger partial charge in [-0.05, 0) is 65.9 Å². The maximum Gasteiger partial charge on any atom is 0.230 e. The van der Waals surface area contributed by atoms with E-state index in [0.29, 0.717) is 42.1 Å². The number of anilines is 2. The summed E-state index contributed by atoms with van der Waals surface area (Å²) in [6.45, 7) is 19.0. The standard InChI is InChI=1S/C20H25FN4O.C9H17NO2.C4H10/c1-5-24-19-13-17(26-11-10-22-3)12-18(21)20(19)14(2)25-16-8-6-15(23-4)7-9-16;1-7(2)10(8(3)4)9(12)5-6-11;1-3-4-2/h5-9,12-13,22-23,25H,2,10-11H2,1,3-4H3;6-8H,5H2,1-4H3;3-4H2,1-2H3. The molecule has 0 saturated heterocycles. The smallest absolute Gasteiger partial charge is 0.230 e. The predicted molar refractivity (Wildman–Crippen MR) is 177 cm³/mol. The minimum atomic E-state index is -0.433. The first kappa shape index (κ1) is 38.3. The molecule has 2 aromatic carbocycles. The number of nitrogens with one attached hydrogen (secondary N) is 3. The minimum absolute atomic E-state index is 0.00361. The van der Waals surface area contributed by atoms with E-state index in [9.17, 15) is 14.0 Å². The fraction of sp³-hybridized carbons (Fsp3) is 0.485. The van der Waals surface area contributed by atoms with Crippen LogP contribution in [0.2, 0.25) is 0 Å². The third-order valence-corrected chi connectivity index (χ3v) is 5.86. The van der Waals surface area contributed by atoms with Crippen LogP contribution in [-0.2, 0) is 9.59 Å². The SMILES string of the molecule is C=C(Nc1ccc(NC)cc1)c1c(F)cc(OCCNC)cc1N=CC.CC(C)N(C(=O)CC=O)C(C)C.CCCC. The van der Waals surface area contributed by atoms with Crippen LogP contribution in [0.25, 0.3) is 5.70 Å². The number of halogens is 1. The maximum absolute atomic E-state index is 14.7. The number of ether oxygens (including phenoxy) is 1. The van der Waals surface area contributed by atoms with E-state index in [-0.39, 0.29) is 24.4 Å². The van der Waals surface area contributed by atoms with Gasteiger partial charge in [0.1, 0.15) is 24.5 Å². The zero-order valence-electron chi connectivity index (χ0n) is 27.0. The summed E-state index contributed by atoms with van der Waals surface area (Å²) in [5, 5.41) is 9.17. The van der Waals surface area contributed by atoms with Crippen LogP contribution in [0.4, 0.5) is 21.5 Å². The van der Waals surface area contributed by atoms with Crippen molar-refractivity contribution in [3.63, 3.8) is 0 Å². The van der Waals surface area contributed by atoms with Crippen LogP contribution in [-0.4, -0.2) is 62.6 Å². The lowest BCUT2D eigenvalue weighted by atomic mass is 10.1. The summed E-state index contributed by atoms with van der Waals surface area (Å²) in [5.74, 6) is -0.0832. The van der Waals surface area contributed by atoms with Gasteiger partial charge < -0.3 is 30.4 Å². The summed E-state index contributed by atoms with van der Waals surface area (Å²) < 4.78 is 20.3. The number of amides is 1. The molecular formula is C33H52FN5O3. The Hall–Kier alpha value is -3.72. The van der Waals surface area contributed by atoms with Crippen LogP contribution in [0.3, 0.4) is 0 Å². The van der Waals surface area contributed by atoms with Gasteiger partial charge in [0.15, 0.2) is 0 Å². The van der Waals surface area contributed by atoms with Gasteiger partial charge >= 0.3 is 0 Å². The first-order chi connectivity index (χ1) is 20.0. The Kier molecular flexibility index (Phi) is 20.0. The second-order valence-corrected chi connectivity index (χ2v) is 9.93. The van der Waals surface area contributed by atoms with Crippen molar-refractivity contribution in [2.45, 2.75) is 79.8 Å². The first-order valence-electron chi connectivity index (χ1n) is 14.6. The molecule has 0 unspecified atom stereocenters. The lowest BCUT2D eigenvalue weighted by Crippen LogP contribution is -2.42. The Balaban J connectivity index is 0.000000875. The number of hydrogen-bond donors (Lipinski definition) is 3. The molecule has 0 heterocycles. The summed E-state index contributed by atoms with van der Waals surface area (Å²) >= 11 is 0. The predicted octanol–water partition coefficient (Wildman–Crippen LogP) is 7.30. The highest BCUT2D eigenvalue weighted by Gasteiger charge is 2.19. The molecule has 0 spiro atoms. The number of aliphatic imine (C=N–C) groups is 1. The highest BCUT2D eigenvalue weighted by molar-refractivity contribution is 5.88. The zero-order valence-corrected chi connectivity index (χ0v) is 27.0. The normalized spacial score (nSPS) is 10.4. The number of carbonyl (C=O) groups is 2. The van der Waals surface area contributed by atoms with Crippen LogP contribution < -0.4 is 20.7 Å². The summed E-state index contributed by atoms with van der Waals surface area (Å²) in [6, 6.07) is 11.0. The maximum atomic E-state index is 14.7. The van der Waals surface area contributed by atoms with Crippen molar-refractivity contribution in [2.24, 2.45) is 4.99 Å². The highest BCUT2D eigenvalue weighted by atomic mass is 19.1. The quantitative estimate of drug-likeness (QED) is 0.0932. The molecule has 0 aliphatic carbocycles. The fourth-order valence-corrected chi connectivity index (χ4v) is 3.77. The average molecular weight is 586 g/mol. The van der Waals surface area contributed by atoms with Crippen molar-refractivity contribution in [3.05, 3.63) is 54.4 Å². The second kappa shape index (κ2) is 22.0. The summed E-state index contributed by atoms with van der Waals surface area (Å²) in [4.78, 5) is 27.4. The van der Waals surface area contributed by atoms with Crippen molar-refractivity contribution < 1.29 is 18.7 Å². The van der Waals surface area contributed by atoms with E-state index >= 15 is 0 Å². The highest BCUT2D eigenvalue weighted by Crippen LogP contribution is 2.33. The largest absolute Gasteiger partial charge is 0.492 e. The third-order valence-electron chi connectivity index (χ3n) is 5.86. The summed E-state index contributed by atoms with van der Waals surface area (Å²) in [7, 11) is 3.69. The van der Waals surface area contributed by atoms with E-state index in [1.807, 2.05) is 66.1 Å². The van der Waals surface area contributed by atoms with Gasteiger partial charge in [-0.1, -0.05) is 33.3 Å². The van der Waals surface area contributed by atoms with E-state index in [4.69, 9.17) is 4.74 Å². The van der Waals surface area contributed by atoms with E-state index in [1.165, 1.54) is 18.9 Å². The summed E-state index contributed by atoms with van der Waals surface area (Å²) in [5.41, 5.74) is 3.03. The molecule has 2 aromatic rings. The molecule has 8 nitrogen and oxygen atoms in total. The molecule has 0 radical (unpaired) electrons. The van der Waals surface area contributed by atoms with Gasteiger partial charge in [-0.3, -0.25) is 9.79 Å². The van der Waals surface area contributed by atoms with Gasteiger partial charge in [-0.2, -0.15) is 0 Å². The Morgan fingerprint density at radius 1 is 1.05 bits per heavy atom. The molecule has 0 aliphatic rings. The van der Waals surface area contributed by atoms with E-state index in [2.05, 4.69) is 41.4 Å². The number of hydrogen-bond acceptors (Lipinski definition) is 7. The average Bonchev–Trinajstić information content (AvgIpc) is 2.94. The van der Waals surface area contributed by atoms with Crippen LogP contribution in [0, 0.1) is 5.82 Å². The van der Waals surface area contributed by atoms with Crippen molar-refractivity contribution >= 4 is 41.2 Å². The van der Waals surface area contributed by atoms with Crippen molar-refractivity contribution in [3.8, 4) is 5.75 Å². The number of likely N-dealkylation sites (N-methyl/N-ethyl adjacent to an activating group) is 1. The van der Waals surface area contributed by atoms with Crippen molar-refractivity contribution in [1.29, 1.82) is 0 Å². The number of nitrogens with zero attached hydrogens (tertiary/aromatic N) is 2. The van der Waals surface area contributed by atoms with Gasteiger partial charge in [0, 0.05) is 61.1 Å². The number of carbonyl (C=O) groups excluding carboxylic acids is 2. The lowest BCUT2D eigenvalue weighted by molar-refractivity contribution is -0.136. The Morgan fingerprint density at radius 2 is 1.62 bits per heavy atom. The van der Waals surface area contributed by atoms with Crippen LogP contribution in [0.5, 0.6) is 5.75 Å². The zero-order chi connectivity index (χ0) is 32.1. The lowest BCUT2D eigenvalue weighted by Gasteiger charge is -2.30.